The molecule has 1 aromatic carbocycles. The largest absolute Gasteiger partial charge is 0.339 e. The van der Waals surface area contributed by atoms with E-state index in [0.717, 1.165) is 0 Å². The van der Waals surface area contributed by atoms with E-state index in [2.05, 4.69) is 15.0 Å². The summed E-state index contributed by atoms with van der Waals surface area (Å²) in [6.07, 6.45) is 0. The molecule has 152 valence electrons. The maximum atomic E-state index is 12.8. The van der Waals surface area contributed by atoms with Gasteiger partial charge in [0.15, 0.2) is 11.6 Å². The van der Waals surface area contributed by atoms with Crippen LogP contribution in [-0.4, -0.2) is 59.7 Å². The number of ketones is 1. The van der Waals surface area contributed by atoms with Crippen LogP contribution >= 0.6 is 0 Å². The minimum atomic E-state index is -3.57. The fourth-order valence-corrected chi connectivity index (χ4v) is 4.38. The van der Waals surface area contributed by atoms with E-state index >= 15 is 0 Å². The predicted octanol–water partition coefficient (Wildman–Crippen LogP) is 2.08. The van der Waals surface area contributed by atoms with E-state index in [-0.39, 0.29) is 16.1 Å². The van der Waals surface area contributed by atoms with Gasteiger partial charge in [0.05, 0.1) is 11.4 Å². The number of hydrogen-bond acceptors (Lipinski definition) is 7. The summed E-state index contributed by atoms with van der Waals surface area (Å²) in [5.74, 6) is 1.12. The van der Waals surface area contributed by atoms with Crippen LogP contribution in [0.2, 0.25) is 0 Å². The number of piperazine rings is 1. The van der Waals surface area contributed by atoms with E-state index in [1.807, 2.05) is 20.8 Å². The predicted molar refractivity (Wildman–Crippen MR) is 103 cm³/mol. The van der Waals surface area contributed by atoms with Gasteiger partial charge in [0.1, 0.15) is 0 Å². The molecule has 1 fully saturated rings. The van der Waals surface area contributed by atoms with Crippen molar-refractivity contribution in [3.05, 3.63) is 41.5 Å². The Kier molecular flexibility index (Phi) is 5.69. The monoisotopic (exact) mass is 406 g/mol. The molecule has 1 saturated heterocycles. The zero-order valence-corrected chi connectivity index (χ0v) is 17.5. The van der Waals surface area contributed by atoms with Crippen LogP contribution < -0.4 is 0 Å². The maximum absolute atomic E-state index is 12.8. The van der Waals surface area contributed by atoms with Crippen molar-refractivity contribution in [1.82, 2.24) is 19.3 Å². The summed E-state index contributed by atoms with van der Waals surface area (Å²) >= 11 is 0. The van der Waals surface area contributed by atoms with Crippen molar-refractivity contribution >= 4 is 15.8 Å². The van der Waals surface area contributed by atoms with Gasteiger partial charge in [-0.1, -0.05) is 38.1 Å². The summed E-state index contributed by atoms with van der Waals surface area (Å²) in [6, 6.07) is 6.08. The Morgan fingerprint density at radius 3 is 2.21 bits per heavy atom. The number of rotatable bonds is 5. The number of aromatic nitrogens is 2. The summed E-state index contributed by atoms with van der Waals surface area (Å²) in [5, 5.41) is 4.03. The zero-order chi connectivity index (χ0) is 20.5. The van der Waals surface area contributed by atoms with Crippen LogP contribution in [-0.2, 0) is 22.0 Å². The SMILES string of the molecule is CC(=O)c1ccc(S(=O)(=O)N2CCN(Cc3noc(C(C)(C)C)n3)CC2)cc1. The lowest BCUT2D eigenvalue weighted by molar-refractivity contribution is 0.101. The fourth-order valence-electron chi connectivity index (χ4n) is 2.96. The molecule has 0 unspecified atom stereocenters. The molecule has 2 aromatic rings. The van der Waals surface area contributed by atoms with E-state index in [4.69, 9.17) is 4.52 Å². The Hall–Kier alpha value is -2.10. The number of nitrogens with zero attached hydrogens (tertiary/aromatic N) is 4. The number of hydrogen-bond donors (Lipinski definition) is 0. The standard InChI is InChI=1S/C19H26N4O4S/c1-14(24)15-5-7-16(8-6-15)28(25,26)23-11-9-22(10-12-23)13-17-20-18(27-21-17)19(2,3)4/h5-8H,9-13H2,1-4H3. The van der Waals surface area contributed by atoms with E-state index < -0.39 is 10.0 Å². The third-order valence-electron chi connectivity index (χ3n) is 4.70. The summed E-state index contributed by atoms with van der Waals surface area (Å²) in [4.78, 5) is 18.1. The Morgan fingerprint density at radius 2 is 1.71 bits per heavy atom. The molecule has 9 heteroatoms. The third kappa shape index (κ3) is 4.48. The minimum absolute atomic E-state index is 0.0892. The summed E-state index contributed by atoms with van der Waals surface area (Å²) in [6.45, 7) is 9.97. The Bertz CT molecular complexity index is 937. The lowest BCUT2D eigenvalue weighted by Gasteiger charge is -2.33. The molecule has 0 bridgehead atoms. The van der Waals surface area contributed by atoms with Crippen molar-refractivity contribution in [2.24, 2.45) is 0 Å². The molecular formula is C19H26N4O4S. The van der Waals surface area contributed by atoms with Crippen molar-refractivity contribution in [1.29, 1.82) is 0 Å². The Morgan fingerprint density at radius 1 is 1.11 bits per heavy atom. The lowest BCUT2D eigenvalue weighted by atomic mass is 9.97. The molecule has 1 aliphatic heterocycles. The second-order valence-corrected chi connectivity index (χ2v) is 9.96. The van der Waals surface area contributed by atoms with Crippen molar-refractivity contribution in [3.63, 3.8) is 0 Å². The van der Waals surface area contributed by atoms with Crippen LogP contribution in [0.5, 0.6) is 0 Å². The van der Waals surface area contributed by atoms with Crippen LogP contribution in [0.3, 0.4) is 0 Å². The maximum Gasteiger partial charge on any atom is 0.243 e. The van der Waals surface area contributed by atoms with Gasteiger partial charge in [-0.05, 0) is 19.1 Å². The molecule has 0 saturated carbocycles. The first-order valence-corrected chi connectivity index (χ1v) is 10.7. The topological polar surface area (TPSA) is 96.6 Å². The summed E-state index contributed by atoms with van der Waals surface area (Å²) in [5.41, 5.74) is 0.300. The van der Waals surface area contributed by atoms with Crippen molar-refractivity contribution in [2.45, 2.75) is 44.6 Å². The van der Waals surface area contributed by atoms with Crippen molar-refractivity contribution < 1.29 is 17.7 Å². The Balaban J connectivity index is 1.61. The normalized spacial score (nSPS) is 17.0. The van der Waals surface area contributed by atoms with Crippen LogP contribution in [0.25, 0.3) is 0 Å². The van der Waals surface area contributed by atoms with Gasteiger partial charge >= 0.3 is 0 Å². The van der Waals surface area contributed by atoms with Crippen LogP contribution in [0, 0.1) is 0 Å². The van der Waals surface area contributed by atoms with E-state index in [0.29, 0.717) is 50.0 Å². The Labute approximate surface area is 165 Å². The summed E-state index contributed by atoms with van der Waals surface area (Å²) < 4.78 is 32.4. The van der Waals surface area contributed by atoms with Crippen molar-refractivity contribution in [3.8, 4) is 0 Å². The van der Waals surface area contributed by atoms with Gasteiger partial charge in [-0.15, -0.1) is 0 Å². The van der Waals surface area contributed by atoms with E-state index in [9.17, 15) is 13.2 Å². The highest BCUT2D eigenvalue weighted by molar-refractivity contribution is 7.89. The first-order valence-electron chi connectivity index (χ1n) is 9.24. The average Bonchev–Trinajstić information content (AvgIpc) is 3.11. The van der Waals surface area contributed by atoms with Gasteiger partial charge in [0.2, 0.25) is 15.9 Å². The molecular weight excluding hydrogens is 380 g/mol. The van der Waals surface area contributed by atoms with Gasteiger partial charge in [-0.3, -0.25) is 9.69 Å². The van der Waals surface area contributed by atoms with Gasteiger partial charge < -0.3 is 4.52 Å². The second kappa shape index (κ2) is 7.73. The highest BCUT2D eigenvalue weighted by Crippen LogP contribution is 2.21. The minimum Gasteiger partial charge on any atom is -0.339 e. The number of benzene rings is 1. The molecule has 0 radical (unpaired) electrons. The molecule has 3 rings (SSSR count). The van der Waals surface area contributed by atoms with Crippen LogP contribution in [0.4, 0.5) is 0 Å². The molecule has 2 heterocycles. The number of carbonyl (C=O) groups excluding carboxylic acids is 1. The molecule has 1 aromatic heterocycles. The summed E-state index contributed by atoms with van der Waals surface area (Å²) in [7, 11) is -3.57. The average molecular weight is 407 g/mol. The fraction of sp³-hybridized carbons (Fsp3) is 0.526. The quantitative estimate of drug-likeness (QED) is 0.701. The molecule has 0 spiro atoms. The molecule has 0 N–H and O–H groups in total. The molecule has 28 heavy (non-hydrogen) atoms. The molecule has 0 atom stereocenters. The highest BCUT2D eigenvalue weighted by Gasteiger charge is 2.29. The van der Waals surface area contributed by atoms with Gasteiger partial charge in [-0.2, -0.15) is 9.29 Å². The van der Waals surface area contributed by atoms with Gasteiger partial charge in [-0.25, -0.2) is 8.42 Å². The second-order valence-electron chi connectivity index (χ2n) is 8.03. The smallest absolute Gasteiger partial charge is 0.243 e. The molecule has 8 nitrogen and oxygen atoms in total. The first kappa shape index (κ1) is 20.6. The number of carbonyl (C=O) groups is 1. The van der Waals surface area contributed by atoms with Gasteiger partial charge in [0, 0.05) is 37.2 Å². The number of Topliss-reactive ketones (excluding diaryl/α,β-unsaturated/α-hetero) is 1. The first-order chi connectivity index (χ1) is 13.1. The van der Waals surface area contributed by atoms with Gasteiger partial charge in [0.25, 0.3) is 0 Å². The number of sulfonamides is 1. The van der Waals surface area contributed by atoms with E-state index in [1.165, 1.54) is 23.4 Å². The van der Waals surface area contributed by atoms with Crippen LogP contribution in [0.15, 0.2) is 33.7 Å². The lowest BCUT2D eigenvalue weighted by Crippen LogP contribution is -2.48. The van der Waals surface area contributed by atoms with E-state index in [1.54, 1.807) is 12.1 Å². The molecule has 0 aliphatic carbocycles. The highest BCUT2D eigenvalue weighted by atomic mass is 32.2. The van der Waals surface area contributed by atoms with Crippen molar-refractivity contribution in [2.75, 3.05) is 26.2 Å². The van der Waals surface area contributed by atoms with Crippen LogP contribution in [0.1, 0.15) is 49.8 Å². The molecule has 1 aliphatic rings. The zero-order valence-electron chi connectivity index (χ0n) is 16.7. The third-order valence-corrected chi connectivity index (χ3v) is 6.62. The molecule has 0 amide bonds.